The van der Waals surface area contributed by atoms with Crippen molar-refractivity contribution in [2.75, 3.05) is 7.05 Å². The molecular formula is C16H17F2NO. The van der Waals surface area contributed by atoms with Crippen molar-refractivity contribution in [1.82, 2.24) is 5.32 Å². The summed E-state index contributed by atoms with van der Waals surface area (Å²) in [6.45, 7) is 2.54. The number of benzene rings is 2. The summed E-state index contributed by atoms with van der Waals surface area (Å²) in [5.41, 5.74) is 2.38. The fourth-order valence-corrected chi connectivity index (χ4v) is 2.02. The van der Waals surface area contributed by atoms with Gasteiger partial charge in [-0.05, 0) is 43.3 Å². The second kappa shape index (κ2) is 6.48. The quantitative estimate of drug-likeness (QED) is 0.902. The summed E-state index contributed by atoms with van der Waals surface area (Å²) < 4.78 is 32.4. The van der Waals surface area contributed by atoms with Gasteiger partial charge in [-0.15, -0.1) is 0 Å². The second-order valence-corrected chi connectivity index (χ2v) is 4.62. The van der Waals surface area contributed by atoms with Crippen LogP contribution in [0.5, 0.6) is 5.75 Å². The van der Waals surface area contributed by atoms with Crippen LogP contribution in [0.4, 0.5) is 8.78 Å². The molecule has 2 nitrogen and oxygen atoms in total. The van der Waals surface area contributed by atoms with Gasteiger partial charge >= 0.3 is 0 Å². The Kier molecular flexibility index (Phi) is 4.69. The van der Waals surface area contributed by atoms with Crippen LogP contribution in [0.15, 0.2) is 36.4 Å². The number of para-hydroxylation sites is 1. The molecule has 0 unspecified atom stereocenters. The third-order valence-electron chi connectivity index (χ3n) is 3.09. The van der Waals surface area contributed by atoms with E-state index in [4.69, 9.17) is 4.74 Å². The zero-order valence-electron chi connectivity index (χ0n) is 11.5. The van der Waals surface area contributed by atoms with E-state index in [1.54, 1.807) is 26.1 Å². The maximum absolute atomic E-state index is 13.8. The molecule has 0 saturated carbocycles. The summed E-state index contributed by atoms with van der Waals surface area (Å²) in [6, 6.07) is 9.30. The van der Waals surface area contributed by atoms with Crippen molar-refractivity contribution < 1.29 is 13.5 Å². The molecule has 0 fully saturated rings. The highest BCUT2D eigenvalue weighted by Gasteiger charge is 2.10. The molecule has 0 saturated heterocycles. The van der Waals surface area contributed by atoms with Crippen LogP contribution in [0.1, 0.15) is 16.7 Å². The van der Waals surface area contributed by atoms with Crippen molar-refractivity contribution in [3.63, 3.8) is 0 Å². The van der Waals surface area contributed by atoms with Crippen molar-refractivity contribution in [2.45, 2.75) is 20.1 Å². The molecule has 0 spiro atoms. The number of hydrogen-bond donors (Lipinski definition) is 1. The molecule has 0 atom stereocenters. The molecule has 106 valence electrons. The molecular weight excluding hydrogens is 260 g/mol. The molecule has 0 aliphatic carbocycles. The molecule has 0 aliphatic rings. The van der Waals surface area contributed by atoms with Gasteiger partial charge in [0.05, 0.1) is 0 Å². The monoisotopic (exact) mass is 277 g/mol. The van der Waals surface area contributed by atoms with Crippen LogP contribution in [0.25, 0.3) is 0 Å². The number of rotatable bonds is 5. The number of ether oxygens (including phenoxy) is 1. The van der Waals surface area contributed by atoms with Crippen molar-refractivity contribution in [1.29, 1.82) is 0 Å². The normalized spacial score (nSPS) is 10.6. The minimum absolute atomic E-state index is 0.212. The van der Waals surface area contributed by atoms with Crippen LogP contribution in [0.2, 0.25) is 0 Å². The number of halogens is 2. The number of aryl methyl sites for hydroxylation is 1. The van der Waals surface area contributed by atoms with E-state index in [-0.39, 0.29) is 18.2 Å². The Morgan fingerprint density at radius 3 is 2.60 bits per heavy atom. The van der Waals surface area contributed by atoms with Gasteiger partial charge in [0.1, 0.15) is 12.4 Å². The molecule has 0 aliphatic heterocycles. The molecule has 2 aromatic carbocycles. The lowest BCUT2D eigenvalue weighted by molar-refractivity contribution is 0.285. The van der Waals surface area contributed by atoms with E-state index in [0.717, 1.165) is 16.7 Å². The maximum Gasteiger partial charge on any atom is 0.165 e. The lowest BCUT2D eigenvalue weighted by Gasteiger charge is -2.13. The first-order valence-electron chi connectivity index (χ1n) is 6.41. The van der Waals surface area contributed by atoms with Gasteiger partial charge in [0.15, 0.2) is 11.6 Å². The Bertz CT molecular complexity index is 599. The number of hydrogen-bond acceptors (Lipinski definition) is 2. The minimum atomic E-state index is -0.391. The van der Waals surface area contributed by atoms with E-state index >= 15 is 0 Å². The summed E-state index contributed by atoms with van der Waals surface area (Å²) in [6.07, 6.45) is 0. The highest BCUT2D eigenvalue weighted by atomic mass is 19.1. The maximum atomic E-state index is 13.8. The van der Waals surface area contributed by atoms with Gasteiger partial charge in [0.25, 0.3) is 0 Å². The van der Waals surface area contributed by atoms with Gasteiger partial charge in [0, 0.05) is 12.1 Å². The van der Waals surface area contributed by atoms with E-state index in [9.17, 15) is 8.78 Å². The molecule has 0 bridgehead atoms. The topological polar surface area (TPSA) is 21.3 Å². The summed E-state index contributed by atoms with van der Waals surface area (Å²) in [7, 11) is 1.79. The predicted molar refractivity (Wildman–Crippen MR) is 74.6 cm³/mol. The van der Waals surface area contributed by atoms with Crippen LogP contribution in [-0.4, -0.2) is 7.05 Å². The Hall–Kier alpha value is -1.94. The predicted octanol–water partition coefficient (Wildman–Crippen LogP) is 3.57. The van der Waals surface area contributed by atoms with Crippen LogP contribution in [0.3, 0.4) is 0 Å². The molecule has 4 heteroatoms. The van der Waals surface area contributed by atoms with Crippen LogP contribution < -0.4 is 10.1 Å². The van der Waals surface area contributed by atoms with Gasteiger partial charge in [-0.3, -0.25) is 0 Å². The third-order valence-corrected chi connectivity index (χ3v) is 3.09. The van der Waals surface area contributed by atoms with Crippen LogP contribution >= 0.6 is 0 Å². The second-order valence-electron chi connectivity index (χ2n) is 4.62. The van der Waals surface area contributed by atoms with Crippen molar-refractivity contribution in [2.24, 2.45) is 0 Å². The Labute approximate surface area is 117 Å². The highest BCUT2D eigenvalue weighted by Crippen LogP contribution is 2.24. The molecule has 2 rings (SSSR count). The average Bonchev–Trinajstić information content (AvgIpc) is 2.40. The molecule has 0 heterocycles. The highest BCUT2D eigenvalue weighted by molar-refractivity contribution is 5.35. The first kappa shape index (κ1) is 14.5. The van der Waals surface area contributed by atoms with Crippen LogP contribution in [0, 0.1) is 18.6 Å². The van der Waals surface area contributed by atoms with Crippen molar-refractivity contribution in [3.8, 4) is 5.75 Å². The summed E-state index contributed by atoms with van der Waals surface area (Å²) in [4.78, 5) is 0. The lowest BCUT2D eigenvalue weighted by Crippen LogP contribution is -2.09. The van der Waals surface area contributed by atoms with Gasteiger partial charge in [-0.2, -0.15) is 0 Å². The van der Waals surface area contributed by atoms with E-state index in [1.807, 2.05) is 6.07 Å². The zero-order valence-corrected chi connectivity index (χ0v) is 11.5. The Morgan fingerprint density at radius 2 is 1.90 bits per heavy atom. The number of nitrogens with one attached hydrogen (secondary N) is 1. The molecule has 1 N–H and O–H groups in total. The third kappa shape index (κ3) is 3.33. The fraction of sp³-hybridized carbons (Fsp3) is 0.250. The van der Waals surface area contributed by atoms with Crippen LogP contribution in [-0.2, 0) is 13.2 Å². The Morgan fingerprint density at radius 1 is 1.10 bits per heavy atom. The largest absolute Gasteiger partial charge is 0.485 e. The van der Waals surface area contributed by atoms with E-state index in [1.165, 1.54) is 18.2 Å². The summed E-state index contributed by atoms with van der Waals surface area (Å²) >= 11 is 0. The average molecular weight is 277 g/mol. The molecule has 0 aromatic heterocycles. The van der Waals surface area contributed by atoms with E-state index < -0.39 is 5.82 Å². The van der Waals surface area contributed by atoms with E-state index in [0.29, 0.717) is 6.54 Å². The van der Waals surface area contributed by atoms with Gasteiger partial charge in [0.2, 0.25) is 0 Å². The summed E-state index contributed by atoms with van der Waals surface area (Å²) in [5.74, 6) is -0.434. The Balaban J connectivity index is 2.18. The van der Waals surface area contributed by atoms with Gasteiger partial charge in [-0.25, -0.2) is 8.78 Å². The molecule has 0 amide bonds. The fourth-order valence-electron chi connectivity index (χ4n) is 2.02. The summed E-state index contributed by atoms with van der Waals surface area (Å²) in [5, 5.41) is 2.97. The molecule has 20 heavy (non-hydrogen) atoms. The standard InChI is InChI=1S/C16H17F2NO/c1-11-8-14(17)7-6-13(11)10-20-16-12(9-19-2)4-3-5-15(16)18/h3-8,19H,9-10H2,1-2H3. The smallest absolute Gasteiger partial charge is 0.165 e. The van der Waals surface area contributed by atoms with Gasteiger partial charge in [-0.1, -0.05) is 18.2 Å². The van der Waals surface area contributed by atoms with Gasteiger partial charge < -0.3 is 10.1 Å². The zero-order chi connectivity index (χ0) is 14.5. The first-order chi connectivity index (χ1) is 9.61. The van der Waals surface area contributed by atoms with Crippen molar-refractivity contribution in [3.05, 3.63) is 64.7 Å². The molecule has 0 radical (unpaired) electrons. The lowest BCUT2D eigenvalue weighted by atomic mass is 10.1. The minimum Gasteiger partial charge on any atom is -0.485 e. The van der Waals surface area contributed by atoms with E-state index in [2.05, 4.69) is 5.32 Å². The first-order valence-corrected chi connectivity index (χ1v) is 6.41. The SMILES string of the molecule is CNCc1cccc(F)c1OCc1ccc(F)cc1C. The van der Waals surface area contributed by atoms with Crippen molar-refractivity contribution >= 4 is 0 Å². The molecule has 2 aromatic rings.